The molecule has 2 aliphatic heterocycles. The van der Waals surface area contributed by atoms with Crippen molar-refractivity contribution >= 4 is 18.0 Å². The molecule has 8 unspecified atom stereocenters. The zero-order valence-corrected chi connectivity index (χ0v) is 21.8. The largest absolute Gasteiger partial charge is 0.471 e. The zero-order chi connectivity index (χ0) is 28.5. The minimum atomic E-state index is -1.65. The van der Waals surface area contributed by atoms with Crippen molar-refractivity contribution in [1.82, 2.24) is 4.98 Å². The summed E-state index contributed by atoms with van der Waals surface area (Å²) in [5.41, 5.74) is 0.980. The number of unbranched alkanes of at least 4 members (excludes halogenated alkanes) is 1. The van der Waals surface area contributed by atoms with Gasteiger partial charge in [-0.15, -0.1) is 6.58 Å². The normalized spacial score (nSPS) is 30.8. The summed E-state index contributed by atoms with van der Waals surface area (Å²) in [5, 5.41) is 40.0. The van der Waals surface area contributed by atoms with Crippen molar-refractivity contribution in [3.05, 3.63) is 60.2 Å². The highest BCUT2D eigenvalue weighted by molar-refractivity contribution is 5.90. The van der Waals surface area contributed by atoms with E-state index in [-0.39, 0.29) is 11.1 Å². The van der Waals surface area contributed by atoms with Crippen LogP contribution >= 0.6 is 0 Å². The number of methoxy groups -OCH3 is 1. The zero-order valence-electron chi connectivity index (χ0n) is 21.8. The number of hydrogen-bond acceptors (Lipinski definition) is 12. The molecule has 1 aromatic heterocycles. The Morgan fingerprint density at radius 2 is 1.90 bits per heavy atom. The molecule has 8 atom stereocenters. The van der Waals surface area contributed by atoms with Crippen molar-refractivity contribution in [3.63, 3.8) is 0 Å². The summed E-state index contributed by atoms with van der Waals surface area (Å²) in [7, 11) is 1.22. The number of allylic oxidation sites excluding steroid dienone is 1. The van der Waals surface area contributed by atoms with Gasteiger partial charge in [-0.05, 0) is 18.1 Å². The van der Waals surface area contributed by atoms with Crippen molar-refractivity contribution in [2.75, 3.05) is 20.3 Å². The number of carbonyl (C=O) groups is 2. The van der Waals surface area contributed by atoms with E-state index in [4.69, 9.17) is 23.7 Å². The number of hydrogen-bond donors (Lipinski definition) is 4. The van der Waals surface area contributed by atoms with Crippen LogP contribution in [0.25, 0.3) is 6.08 Å². The van der Waals surface area contributed by atoms with Crippen LogP contribution in [0, 0.1) is 11.8 Å². The van der Waals surface area contributed by atoms with Crippen LogP contribution in [0.2, 0.25) is 0 Å². The first-order valence-electron chi connectivity index (χ1n) is 12.6. The predicted molar refractivity (Wildman–Crippen MR) is 135 cm³/mol. The van der Waals surface area contributed by atoms with Gasteiger partial charge in [0.15, 0.2) is 6.29 Å². The molecule has 12 heteroatoms. The third kappa shape index (κ3) is 7.29. The average Bonchev–Trinajstić information content (AvgIpc) is 2.95. The van der Waals surface area contributed by atoms with Crippen molar-refractivity contribution in [2.45, 2.75) is 56.8 Å². The van der Waals surface area contributed by atoms with Crippen LogP contribution in [0.3, 0.4) is 0 Å². The molecule has 0 amide bonds. The fourth-order valence-corrected chi connectivity index (χ4v) is 4.18. The Morgan fingerprint density at radius 3 is 2.56 bits per heavy atom. The first-order valence-corrected chi connectivity index (χ1v) is 12.6. The predicted octanol–water partition coefficient (Wildman–Crippen LogP) is 0.700. The molecule has 4 N–H and O–H groups in total. The molecular formula is C27H35NO11. The van der Waals surface area contributed by atoms with Crippen molar-refractivity contribution in [3.8, 4) is 0 Å². The lowest BCUT2D eigenvalue weighted by Gasteiger charge is -2.42. The Labute approximate surface area is 226 Å². The highest BCUT2D eigenvalue weighted by Gasteiger charge is 2.47. The molecule has 0 spiro atoms. The van der Waals surface area contributed by atoms with Crippen LogP contribution in [-0.4, -0.2) is 94.7 Å². The summed E-state index contributed by atoms with van der Waals surface area (Å²) in [6, 6.07) is 1.60. The van der Waals surface area contributed by atoms with Gasteiger partial charge in [0.25, 0.3) is 0 Å². The van der Waals surface area contributed by atoms with Crippen molar-refractivity contribution in [2.24, 2.45) is 11.8 Å². The van der Waals surface area contributed by atoms with Crippen LogP contribution in [0.5, 0.6) is 0 Å². The SMILES string of the molecule is C=CC1C(OC2OC(CO)C(O)C(O)C2O)OC=C(C(=O)OC)C1C=Cc1cncc(C(=O)OCCCC)c1. The number of pyridine rings is 1. The lowest BCUT2D eigenvalue weighted by atomic mass is 9.83. The summed E-state index contributed by atoms with van der Waals surface area (Å²) < 4.78 is 27.0. The van der Waals surface area contributed by atoms with Gasteiger partial charge in [0, 0.05) is 18.3 Å². The van der Waals surface area contributed by atoms with Crippen LogP contribution in [0.1, 0.15) is 35.7 Å². The molecule has 1 fully saturated rings. The summed E-state index contributed by atoms with van der Waals surface area (Å²) in [6.45, 7) is 5.49. The van der Waals surface area contributed by atoms with Gasteiger partial charge in [-0.2, -0.15) is 0 Å². The number of rotatable bonds is 11. The van der Waals surface area contributed by atoms with Gasteiger partial charge >= 0.3 is 11.9 Å². The number of carbonyl (C=O) groups excluding carboxylic acids is 2. The standard InChI is InChI=1S/C27H35NO11/c1-4-6-9-36-24(33)16-10-15(11-28-12-16)7-8-18-17(5-2)26(37-14-19(18)25(34)35-3)39-27-23(32)22(31)21(30)20(13-29)38-27/h5,7-8,10-12,14,17-18,20-23,26-27,29-32H,2,4,6,9,13H2,1,3H3. The molecule has 0 aromatic carbocycles. The van der Waals surface area contributed by atoms with E-state index in [1.165, 1.54) is 25.6 Å². The Bertz CT molecular complexity index is 1060. The summed E-state index contributed by atoms with van der Waals surface area (Å²) in [6.07, 6.45) is 1.91. The van der Waals surface area contributed by atoms with E-state index in [1.807, 2.05) is 6.92 Å². The summed E-state index contributed by atoms with van der Waals surface area (Å²) in [4.78, 5) is 28.9. The number of nitrogens with zero attached hydrogens (tertiary/aromatic N) is 1. The first-order chi connectivity index (χ1) is 18.7. The van der Waals surface area contributed by atoms with Crippen LogP contribution < -0.4 is 0 Å². The highest BCUT2D eigenvalue weighted by Crippen LogP contribution is 2.36. The fourth-order valence-electron chi connectivity index (χ4n) is 4.18. The Balaban J connectivity index is 1.84. The minimum Gasteiger partial charge on any atom is -0.471 e. The number of aliphatic hydroxyl groups excluding tert-OH is 4. The second-order valence-corrected chi connectivity index (χ2v) is 9.10. The lowest BCUT2D eigenvalue weighted by Crippen LogP contribution is -2.60. The van der Waals surface area contributed by atoms with Crippen LogP contribution in [-0.2, 0) is 28.5 Å². The molecule has 214 valence electrons. The Morgan fingerprint density at radius 1 is 1.13 bits per heavy atom. The van der Waals surface area contributed by atoms with Crippen LogP contribution in [0.4, 0.5) is 0 Å². The first kappa shape index (κ1) is 30.4. The maximum absolute atomic E-state index is 12.5. The smallest absolute Gasteiger partial charge is 0.339 e. The Kier molecular flexibility index (Phi) is 11.2. The second-order valence-electron chi connectivity index (χ2n) is 9.10. The van der Waals surface area contributed by atoms with E-state index >= 15 is 0 Å². The van der Waals surface area contributed by atoms with Gasteiger partial charge in [0.1, 0.15) is 24.4 Å². The van der Waals surface area contributed by atoms with E-state index < -0.39 is 67.4 Å². The number of ether oxygens (including phenoxy) is 5. The van der Waals surface area contributed by atoms with Crippen molar-refractivity contribution < 1.29 is 53.7 Å². The van der Waals surface area contributed by atoms with Crippen LogP contribution in [0.15, 0.2) is 49.0 Å². The van der Waals surface area contributed by atoms with Gasteiger partial charge in [-0.1, -0.05) is 31.6 Å². The van der Waals surface area contributed by atoms with Gasteiger partial charge in [0.2, 0.25) is 6.29 Å². The third-order valence-corrected chi connectivity index (χ3v) is 6.45. The van der Waals surface area contributed by atoms with E-state index in [0.717, 1.165) is 19.1 Å². The topological polar surface area (TPSA) is 174 Å². The minimum absolute atomic E-state index is 0.149. The molecule has 0 radical (unpaired) electrons. The molecule has 3 heterocycles. The fraction of sp³-hybridized carbons (Fsp3) is 0.519. The van der Waals surface area contributed by atoms with E-state index in [2.05, 4.69) is 11.6 Å². The van der Waals surface area contributed by atoms with E-state index in [9.17, 15) is 30.0 Å². The molecule has 2 aliphatic rings. The maximum Gasteiger partial charge on any atom is 0.339 e. The number of aliphatic hydroxyl groups is 4. The van der Waals surface area contributed by atoms with E-state index in [0.29, 0.717) is 12.2 Å². The Hall–Kier alpha value is -3.13. The molecule has 12 nitrogen and oxygen atoms in total. The lowest BCUT2D eigenvalue weighted by molar-refractivity contribution is -0.338. The van der Waals surface area contributed by atoms with Gasteiger partial charge in [-0.25, -0.2) is 9.59 Å². The molecule has 39 heavy (non-hydrogen) atoms. The van der Waals surface area contributed by atoms with E-state index in [1.54, 1.807) is 18.2 Å². The maximum atomic E-state index is 12.5. The second kappa shape index (κ2) is 14.3. The number of esters is 2. The quantitative estimate of drug-likeness (QED) is 0.173. The molecule has 3 rings (SSSR count). The van der Waals surface area contributed by atoms with Gasteiger partial charge in [-0.3, -0.25) is 4.98 Å². The summed E-state index contributed by atoms with van der Waals surface area (Å²) >= 11 is 0. The molecule has 0 bridgehead atoms. The summed E-state index contributed by atoms with van der Waals surface area (Å²) in [5.74, 6) is -2.57. The van der Waals surface area contributed by atoms with Crippen molar-refractivity contribution in [1.29, 1.82) is 0 Å². The highest BCUT2D eigenvalue weighted by atomic mass is 16.8. The molecular weight excluding hydrogens is 514 g/mol. The third-order valence-electron chi connectivity index (χ3n) is 6.45. The van der Waals surface area contributed by atoms with Gasteiger partial charge in [0.05, 0.1) is 43.6 Å². The van der Waals surface area contributed by atoms with Gasteiger partial charge < -0.3 is 44.1 Å². The average molecular weight is 550 g/mol. The number of aromatic nitrogens is 1. The molecule has 0 saturated carbocycles. The molecule has 1 saturated heterocycles. The molecule has 0 aliphatic carbocycles. The molecule has 1 aromatic rings. The monoisotopic (exact) mass is 549 g/mol.